The molecule has 0 bridgehead atoms. The van der Waals surface area contributed by atoms with E-state index in [9.17, 15) is 0 Å². The number of nitrogens with two attached hydrogens (primary N) is 1. The lowest BCUT2D eigenvalue weighted by Gasteiger charge is -2.15. The van der Waals surface area contributed by atoms with Crippen molar-refractivity contribution in [2.45, 2.75) is 25.2 Å². The number of nitrogens with zero attached hydrogens (tertiary/aromatic N) is 1. The van der Waals surface area contributed by atoms with E-state index < -0.39 is 0 Å². The van der Waals surface area contributed by atoms with Crippen LogP contribution in [-0.2, 0) is 12.5 Å². The van der Waals surface area contributed by atoms with Gasteiger partial charge in [-0.2, -0.15) is 0 Å². The van der Waals surface area contributed by atoms with E-state index in [1.165, 1.54) is 24.1 Å². The SMILES string of the molecule is Cc1ccn(C)c1C1(CN)CC1. The number of hydrogen-bond acceptors (Lipinski definition) is 1. The van der Waals surface area contributed by atoms with Gasteiger partial charge in [-0.25, -0.2) is 0 Å². The van der Waals surface area contributed by atoms with E-state index >= 15 is 0 Å². The van der Waals surface area contributed by atoms with Gasteiger partial charge in [0.05, 0.1) is 0 Å². The van der Waals surface area contributed by atoms with E-state index in [-0.39, 0.29) is 0 Å². The van der Waals surface area contributed by atoms with E-state index in [0.29, 0.717) is 5.41 Å². The zero-order valence-electron chi connectivity index (χ0n) is 7.80. The quantitative estimate of drug-likeness (QED) is 0.702. The van der Waals surface area contributed by atoms with Crippen LogP contribution in [0.5, 0.6) is 0 Å². The third kappa shape index (κ3) is 0.911. The molecule has 12 heavy (non-hydrogen) atoms. The van der Waals surface area contributed by atoms with Crippen LogP contribution in [0.2, 0.25) is 0 Å². The van der Waals surface area contributed by atoms with Gasteiger partial charge in [-0.1, -0.05) is 0 Å². The Morgan fingerprint density at radius 1 is 1.58 bits per heavy atom. The fourth-order valence-electron chi connectivity index (χ4n) is 2.14. The van der Waals surface area contributed by atoms with Crippen molar-refractivity contribution in [1.29, 1.82) is 0 Å². The molecule has 0 unspecified atom stereocenters. The second-order valence-electron chi connectivity index (χ2n) is 3.94. The summed E-state index contributed by atoms with van der Waals surface area (Å²) in [5.74, 6) is 0. The van der Waals surface area contributed by atoms with E-state index in [1.807, 2.05) is 0 Å². The predicted octanol–water partition coefficient (Wildman–Crippen LogP) is 1.32. The minimum Gasteiger partial charge on any atom is -0.354 e. The Hall–Kier alpha value is -0.760. The molecule has 1 aromatic heterocycles. The number of aromatic nitrogens is 1. The molecule has 2 N–H and O–H groups in total. The monoisotopic (exact) mass is 164 g/mol. The van der Waals surface area contributed by atoms with Gasteiger partial charge in [-0.3, -0.25) is 0 Å². The molecule has 2 heteroatoms. The molecular weight excluding hydrogens is 148 g/mol. The average molecular weight is 164 g/mol. The Morgan fingerprint density at radius 2 is 2.25 bits per heavy atom. The van der Waals surface area contributed by atoms with Gasteiger partial charge < -0.3 is 10.3 Å². The minimum atomic E-state index is 0.336. The molecule has 0 amide bonds. The van der Waals surface area contributed by atoms with Gasteiger partial charge >= 0.3 is 0 Å². The lowest BCUT2D eigenvalue weighted by atomic mass is 9.99. The van der Waals surface area contributed by atoms with Crippen molar-refractivity contribution in [1.82, 2.24) is 4.57 Å². The first-order valence-corrected chi connectivity index (χ1v) is 4.52. The summed E-state index contributed by atoms with van der Waals surface area (Å²) >= 11 is 0. The van der Waals surface area contributed by atoms with E-state index in [2.05, 4.69) is 30.8 Å². The molecule has 2 nitrogen and oxygen atoms in total. The Labute approximate surface area is 73.4 Å². The summed E-state index contributed by atoms with van der Waals surface area (Å²) in [5, 5.41) is 0. The van der Waals surface area contributed by atoms with Crippen molar-refractivity contribution >= 4 is 0 Å². The molecule has 0 saturated heterocycles. The van der Waals surface area contributed by atoms with Crippen molar-refractivity contribution in [2.24, 2.45) is 12.8 Å². The zero-order chi connectivity index (χ0) is 8.77. The third-order valence-electron chi connectivity index (χ3n) is 3.02. The lowest BCUT2D eigenvalue weighted by molar-refractivity contribution is 0.634. The molecule has 1 saturated carbocycles. The largest absolute Gasteiger partial charge is 0.354 e. The number of aryl methyl sites for hydroxylation is 2. The summed E-state index contributed by atoms with van der Waals surface area (Å²) in [6.07, 6.45) is 4.66. The maximum absolute atomic E-state index is 5.78. The highest BCUT2D eigenvalue weighted by molar-refractivity contribution is 5.34. The molecule has 0 aliphatic heterocycles. The molecule has 2 rings (SSSR count). The van der Waals surface area contributed by atoms with E-state index in [0.717, 1.165) is 6.54 Å². The molecule has 0 radical (unpaired) electrons. The van der Waals surface area contributed by atoms with Crippen LogP contribution in [0.15, 0.2) is 12.3 Å². The molecule has 1 heterocycles. The van der Waals surface area contributed by atoms with E-state index in [1.54, 1.807) is 0 Å². The molecule has 0 spiro atoms. The van der Waals surface area contributed by atoms with Gasteiger partial charge in [0.25, 0.3) is 0 Å². The average Bonchev–Trinajstić information content (AvgIpc) is 2.77. The smallest absolute Gasteiger partial charge is 0.0276 e. The molecule has 1 aromatic rings. The maximum Gasteiger partial charge on any atom is 0.0276 e. The van der Waals surface area contributed by atoms with Crippen LogP contribution in [0.4, 0.5) is 0 Å². The van der Waals surface area contributed by atoms with E-state index in [4.69, 9.17) is 5.73 Å². The molecule has 1 fully saturated rings. The van der Waals surface area contributed by atoms with Crippen LogP contribution >= 0.6 is 0 Å². The summed E-state index contributed by atoms with van der Waals surface area (Å²) in [4.78, 5) is 0. The summed E-state index contributed by atoms with van der Waals surface area (Å²) in [6, 6.07) is 2.17. The first kappa shape index (κ1) is 7.87. The van der Waals surface area contributed by atoms with Crippen LogP contribution in [0, 0.1) is 6.92 Å². The Bertz CT molecular complexity index is 275. The second-order valence-corrected chi connectivity index (χ2v) is 3.94. The van der Waals surface area contributed by atoms with Crippen LogP contribution in [0.25, 0.3) is 0 Å². The minimum absolute atomic E-state index is 0.336. The molecule has 0 aromatic carbocycles. The second kappa shape index (κ2) is 2.36. The number of rotatable bonds is 2. The Morgan fingerprint density at radius 3 is 2.58 bits per heavy atom. The highest BCUT2D eigenvalue weighted by atomic mass is 15.0. The first-order chi connectivity index (χ1) is 5.69. The van der Waals surface area contributed by atoms with Crippen molar-refractivity contribution < 1.29 is 0 Å². The highest BCUT2D eigenvalue weighted by Gasteiger charge is 2.45. The predicted molar refractivity (Wildman–Crippen MR) is 50.1 cm³/mol. The summed E-state index contributed by atoms with van der Waals surface area (Å²) in [5.41, 5.74) is 8.96. The summed E-state index contributed by atoms with van der Waals surface area (Å²) in [6.45, 7) is 2.97. The Kier molecular flexibility index (Phi) is 1.55. The molecular formula is C10H16N2. The third-order valence-corrected chi connectivity index (χ3v) is 3.02. The standard InChI is InChI=1S/C10H16N2/c1-8-3-6-12(2)9(8)10(7-11)4-5-10/h3,6H,4-5,7,11H2,1-2H3. The van der Waals surface area contributed by atoms with Gasteiger partial charge in [-0.15, -0.1) is 0 Å². The van der Waals surface area contributed by atoms with Gasteiger partial charge in [-0.05, 0) is 31.4 Å². The normalized spacial score (nSPS) is 19.6. The van der Waals surface area contributed by atoms with Crippen molar-refractivity contribution in [3.05, 3.63) is 23.5 Å². The lowest BCUT2D eigenvalue weighted by Crippen LogP contribution is -2.23. The summed E-state index contributed by atoms with van der Waals surface area (Å²) in [7, 11) is 2.11. The Balaban J connectivity index is 2.45. The molecule has 1 aliphatic carbocycles. The zero-order valence-corrected chi connectivity index (χ0v) is 7.80. The topological polar surface area (TPSA) is 30.9 Å². The van der Waals surface area contributed by atoms with Crippen molar-refractivity contribution in [2.75, 3.05) is 6.54 Å². The fraction of sp³-hybridized carbons (Fsp3) is 0.600. The van der Waals surface area contributed by atoms with Crippen molar-refractivity contribution in [3.63, 3.8) is 0 Å². The van der Waals surface area contributed by atoms with Crippen molar-refractivity contribution in [3.8, 4) is 0 Å². The molecule has 66 valence electrons. The maximum atomic E-state index is 5.78. The first-order valence-electron chi connectivity index (χ1n) is 4.52. The number of hydrogen-bond donors (Lipinski definition) is 1. The van der Waals surface area contributed by atoms with Crippen LogP contribution < -0.4 is 5.73 Å². The molecule has 1 aliphatic rings. The van der Waals surface area contributed by atoms with Gasteiger partial charge in [0.15, 0.2) is 0 Å². The van der Waals surface area contributed by atoms with Gasteiger partial charge in [0.1, 0.15) is 0 Å². The van der Waals surface area contributed by atoms with Gasteiger partial charge in [0, 0.05) is 30.9 Å². The van der Waals surface area contributed by atoms with Crippen LogP contribution in [0.3, 0.4) is 0 Å². The molecule has 0 atom stereocenters. The fourth-order valence-corrected chi connectivity index (χ4v) is 2.14. The summed E-state index contributed by atoms with van der Waals surface area (Å²) < 4.78 is 2.22. The van der Waals surface area contributed by atoms with Crippen LogP contribution in [0.1, 0.15) is 24.1 Å². The van der Waals surface area contributed by atoms with Crippen LogP contribution in [-0.4, -0.2) is 11.1 Å². The van der Waals surface area contributed by atoms with Gasteiger partial charge in [0.2, 0.25) is 0 Å². The highest BCUT2D eigenvalue weighted by Crippen LogP contribution is 2.48.